The molecule has 1 saturated heterocycles. The molecule has 1 aromatic heterocycles. The molecule has 0 saturated carbocycles. The van der Waals surface area contributed by atoms with Gasteiger partial charge in [0.2, 0.25) is 0 Å². The van der Waals surface area contributed by atoms with Crippen LogP contribution in [0.25, 0.3) is 10.9 Å². The van der Waals surface area contributed by atoms with Crippen LogP contribution in [0.15, 0.2) is 18.5 Å². The Morgan fingerprint density at radius 3 is 2.64 bits per heavy atom. The third-order valence-corrected chi connectivity index (χ3v) is 4.64. The van der Waals surface area contributed by atoms with Crippen LogP contribution in [0.5, 0.6) is 11.5 Å². The van der Waals surface area contributed by atoms with E-state index in [-0.39, 0.29) is 0 Å². The molecule has 0 amide bonds. The van der Waals surface area contributed by atoms with Crippen molar-refractivity contribution in [2.24, 2.45) is 0 Å². The number of aldehydes is 1. The summed E-state index contributed by atoms with van der Waals surface area (Å²) in [5.41, 5.74) is 0.721. The van der Waals surface area contributed by atoms with Gasteiger partial charge in [-0.25, -0.2) is 9.97 Å². The Bertz CT molecular complexity index is 735. The van der Waals surface area contributed by atoms with E-state index in [1.54, 1.807) is 13.2 Å². The van der Waals surface area contributed by atoms with E-state index in [9.17, 15) is 4.79 Å². The molecule has 2 aromatic rings. The van der Waals surface area contributed by atoms with Crippen molar-refractivity contribution in [2.45, 2.75) is 0 Å². The first kappa shape index (κ1) is 17.8. The zero-order chi connectivity index (χ0) is 17.6. The van der Waals surface area contributed by atoms with Crippen LogP contribution in [0.1, 0.15) is 0 Å². The molecule has 0 N–H and O–H groups in total. The van der Waals surface area contributed by atoms with Crippen LogP contribution in [-0.2, 0) is 4.79 Å². The molecular weight excluding hydrogens is 344 g/mol. The number of carbonyl (C=O) groups excluding carboxylic acids is 1. The Morgan fingerprint density at radius 1 is 1.16 bits per heavy atom. The van der Waals surface area contributed by atoms with Gasteiger partial charge in [-0.3, -0.25) is 9.80 Å². The van der Waals surface area contributed by atoms with Crippen LogP contribution < -0.4 is 9.47 Å². The van der Waals surface area contributed by atoms with Gasteiger partial charge < -0.3 is 14.3 Å². The average Bonchev–Trinajstić information content (AvgIpc) is 2.63. The third kappa shape index (κ3) is 4.36. The molecule has 8 heteroatoms. The molecule has 0 radical (unpaired) electrons. The molecule has 1 aliphatic heterocycles. The lowest BCUT2D eigenvalue weighted by atomic mass is 10.2. The highest BCUT2D eigenvalue weighted by Crippen LogP contribution is 2.33. The summed E-state index contributed by atoms with van der Waals surface area (Å²) in [5, 5.41) is 1.13. The summed E-state index contributed by atoms with van der Waals surface area (Å²) in [6.45, 7) is 5.59. The van der Waals surface area contributed by atoms with E-state index in [0.717, 1.165) is 49.9 Å². The van der Waals surface area contributed by atoms with Crippen LogP contribution in [0.2, 0.25) is 5.15 Å². The summed E-state index contributed by atoms with van der Waals surface area (Å²) < 4.78 is 11.3. The number of piperazine rings is 1. The SMILES string of the molecule is COc1cc2c(Cl)ncnc2cc1OCCN1CCN(CC=O)CC1. The van der Waals surface area contributed by atoms with Crippen molar-refractivity contribution in [3.05, 3.63) is 23.6 Å². The molecule has 0 atom stereocenters. The van der Waals surface area contributed by atoms with Crippen molar-refractivity contribution in [2.75, 3.05) is 53.0 Å². The predicted molar refractivity (Wildman–Crippen MR) is 95.5 cm³/mol. The summed E-state index contributed by atoms with van der Waals surface area (Å²) in [4.78, 5) is 23.2. The fourth-order valence-electron chi connectivity index (χ4n) is 2.89. The van der Waals surface area contributed by atoms with E-state index in [0.29, 0.717) is 29.8 Å². The second-order valence-electron chi connectivity index (χ2n) is 5.84. The smallest absolute Gasteiger partial charge is 0.163 e. The number of rotatable bonds is 7. The number of benzene rings is 1. The van der Waals surface area contributed by atoms with Crippen molar-refractivity contribution >= 4 is 28.8 Å². The van der Waals surface area contributed by atoms with Crippen LogP contribution in [-0.4, -0.2) is 79.0 Å². The van der Waals surface area contributed by atoms with Crippen molar-refractivity contribution in [3.63, 3.8) is 0 Å². The fourth-order valence-corrected chi connectivity index (χ4v) is 3.09. The van der Waals surface area contributed by atoms with Crippen molar-refractivity contribution in [1.82, 2.24) is 19.8 Å². The summed E-state index contributed by atoms with van der Waals surface area (Å²) in [7, 11) is 1.60. The number of ether oxygens (including phenoxy) is 2. The lowest BCUT2D eigenvalue weighted by molar-refractivity contribution is -0.109. The van der Waals surface area contributed by atoms with Gasteiger partial charge in [0, 0.05) is 44.2 Å². The normalized spacial score (nSPS) is 16.1. The second kappa shape index (κ2) is 8.42. The topological polar surface area (TPSA) is 67.8 Å². The summed E-state index contributed by atoms with van der Waals surface area (Å²) in [5.74, 6) is 1.25. The molecule has 2 heterocycles. The minimum absolute atomic E-state index is 0.392. The van der Waals surface area contributed by atoms with Crippen LogP contribution >= 0.6 is 11.6 Å². The summed E-state index contributed by atoms with van der Waals surface area (Å²) in [6, 6.07) is 3.62. The average molecular weight is 365 g/mol. The molecule has 134 valence electrons. The highest BCUT2D eigenvalue weighted by molar-refractivity contribution is 6.34. The monoisotopic (exact) mass is 364 g/mol. The number of hydrogen-bond donors (Lipinski definition) is 0. The van der Waals surface area contributed by atoms with Crippen LogP contribution in [0.3, 0.4) is 0 Å². The van der Waals surface area contributed by atoms with E-state index in [4.69, 9.17) is 21.1 Å². The maximum atomic E-state index is 10.6. The maximum absolute atomic E-state index is 10.6. The molecular formula is C17H21ClN4O3. The number of hydrogen-bond acceptors (Lipinski definition) is 7. The minimum atomic E-state index is 0.392. The van der Waals surface area contributed by atoms with Gasteiger partial charge in [-0.15, -0.1) is 0 Å². The molecule has 0 aliphatic carbocycles. The standard InChI is InChI=1S/C17H21ClN4O3/c1-24-15-10-13-14(19-12-20-17(13)18)11-16(15)25-9-7-22-4-2-21(3-5-22)6-8-23/h8,10-12H,2-7,9H2,1H3. The van der Waals surface area contributed by atoms with Crippen LogP contribution in [0, 0.1) is 0 Å². The Balaban J connectivity index is 1.59. The Kier molecular flexibility index (Phi) is 6.01. The number of methoxy groups -OCH3 is 1. The third-order valence-electron chi connectivity index (χ3n) is 4.33. The summed E-state index contributed by atoms with van der Waals surface area (Å²) >= 11 is 6.10. The number of halogens is 1. The van der Waals surface area contributed by atoms with Crippen molar-refractivity contribution in [3.8, 4) is 11.5 Å². The zero-order valence-electron chi connectivity index (χ0n) is 14.2. The first-order valence-corrected chi connectivity index (χ1v) is 8.58. The van der Waals surface area contributed by atoms with Crippen LogP contribution in [0.4, 0.5) is 0 Å². The first-order valence-electron chi connectivity index (χ1n) is 8.20. The van der Waals surface area contributed by atoms with Gasteiger partial charge in [-0.1, -0.05) is 11.6 Å². The van der Waals surface area contributed by atoms with Gasteiger partial charge in [-0.2, -0.15) is 0 Å². The van der Waals surface area contributed by atoms with E-state index in [1.165, 1.54) is 6.33 Å². The Morgan fingerprint density at radius 2 is 1.92 bits per heavy atom. The second-order valence-corrected chi connectivity index (χ2v) is 6.20. The molecule has 3 rings (SSSR count). The molecule has 0 unspecified atom stereocenters. The van der Waals surface area contributed by atoms with E-state index in [1.807, 2.05) is 6.07 Å². The molecule has 1 fully saturated rings. The van der Waals surface area contributed by atoms with Gasteiger partial charge in [0.1, 0.15) is 24.4 Å². The zero-order valence-corrected chi connectivity index (χ0v) is 14.9. The number of aromatic nitrogens is 2. The lowest BCUT2D eigenvalue weighted by Gasteiger charge is -2.33. The molecule has 1 aliphatic rings. The Labute approximate surface area is 151 Å². The molecule has 0 spiro atoms. The number of carbonyl (C=O) groups is 1. The van der Waals surface area contributed by atoms with Crippen molar-refractivity contribution < 1.29 is 14.3 Å². The fraction of sp³-hybridized carbons (Fsp3) is 0.471. The van der Waals surface area contributed by atoms with Gasteiger partial charge in [0.05, 0.1) is 19.2 Å². The molecule has 7 nitrogen and oxygen atoms in total. The number of fused-ring (bicyclic) bond motifs is 1. The van der Waals surface area contributed by atoms with E-state index in [2.05, 4.69) is 19.8 Å². The molecule has 1 aromatic carbocycles. The Hall–Kier alpha value is -1.96. The maximum Gasteiger partial charge on any atom is 0.163 e. The van der Waals surface area contributed by atoms with Crippen molar-refractivity contribution in [1.29, 1.82) is 0 Å². The van der Waals surface area contributed by atoms with E-state index >= 15 is 0 Å². The largest absolute Gasteiger partial charge is 0.493 e. The first-order chi connectivity index (χ1) is 12.2. The minimum Gasteiger partial charge on any atom is -0.493 e. The van der Waals surface area contributed by atoms with Gasteiger partial charge in [0.15, 0.2) is 11.5 Å². The highest BCUT2D eigenvalue weighted by atomic mass is 35.5. The molecule has 25 heavy (non-hydrogen) atoms. The predicted octanol–water partition coefficient (Wildman–Crippen LogP) is 1.49. The van der Waals surface area contributed by atoms with Gasteiger partial charge >= 0.3 is 0 Å². The van der Waals surface area contributed by atoms with Gasteiger partial charge in [-0.05, 0) is 6.07 Å². The highest BCUT2D eigenvalue weighted by Gasteiger charge is 2.16. The van der Waals surface area contributed by atoms with Gasteiger partial charge in [0.25, 0.3) is 0 Å². The molecule has 0 bridgehead atoms. The van der Waals surface area contributed by atoms with E-state index < -0.39 is 0 Å². The summed E-state index contributed by atoms with van der Waals surface area (Å²) in [6.07, 6.45) is 2.39. The lowest BCUT2D eigenvalue weighted by Crippen LogP contribution is -2.47. The number of nitrogens with zero attached hydrogens (tertiary/aromatic N) is 4. The quantitative estimate of drug-likeness (QED) is 0.544.